The first kappa shape index (κ1) is 13.5. The van der Waals surface area contributed by atoms with Gasteiger partial charge < -0.3 is 10.4 Å². The summed E-state index contributed by atoms with van der Waals surface area (Å²) in [6.07, 6.45) is 1.41. The number of aliphatic hydroxyl groups excluding tert-OH is 1. The molecular weight excluding hydrogens is 264 g/mol. The predicted molar refractivity (Wildman–Crippen MR) is 73.0 cm³/mol. The monoisotopic (exact) mass is 276 g/mol. The number of aromatic nitrogens is 1. The lowest BCUT2D eigenvalue weighted by Gasteiger charge is -2.16. The van der Waals surface area contributed by atoms with Gasteiger partial charge in [0.05, 0.1) is 17.7 Å². The van der Waals surface area contributed by atoms with Gasteiger partial charge in [-0.05, 0) is 17.7 Å². The molecule has 0 aliphatic rings. The predicted octanol–water partition coefficient (Wildman–Crippen LogP) is 2.20. The number of carbonyl (C=O) groups is 1. The number of nitrogens with one attached hydrogen (secondary N) is 1. The van der Waals surface area contributed by atoms with Crippen LogP contribution >= 0.6 is 11.6 Å². The molecule has 2 rings (SSSR count). The summed E-state index contributed by atoms with van der Waals surface area (Å²) in [4.78, 5) is 15.9. The van der Waals surface area contributed by atoms with E-state index in [4.69, 9.17) is 11.6 Å². The average Bonchev–Trinajstić information content (AvgIpc) is 2.46. The Kier molecular flexibility index (Phi) is 4.49. The SMILES string of the molecule is O=C(N[C@@H](CO)c1ccccc1)c1ccc(Cl)cn1. The molecule has 19 heavy (non-hydrogen) atoms. The number of amides is 1. The number of rotatable bonds is 4. The minimum Gasteiger partial charge on any atom is -0.394 e. The molecule has 2 aromatic rings. The highest BCUT2D eigenvalue weighted by molar-refractivity contribution is 6.30. The molecule has 0 aliphatic carbocycles. The molecule has 4 nitrogen and oxygen atoms in total. The molecule has 0 radical (unpaired) electrons. The molecule has 0 saturated carbocycles. The van der Waals surface area contributed by atoms with Crippen molar-refractivity contribution in [3.63, 3.8) is 0 Å². The number of benzene rings is 1. The van der Waals surface area contributed by atoms with Crippen LogP contribution in [0.4, 0.5) is 0 Å². The van der Waals surface area contributed by atoms with E-state index < -0.39 is 6.04 Å². The van der Waals surface area contributed by atoms with Gasteiger partial charge in [-0.2, -0.15) is 0 Å². The molecule has 2 N–H and O–H groups in total. The van der Waals surface area contributed by atoms with Crippen LogP contribution in [0.3, 0.4) is 0 Å². The van der Waals surface area contributed by atoms with Crippen LogP contribution in [0.5, 0.6) is 0 Å². The van der Waals surface area contributed by atoms with E-state index in [0.29, 0.717) is 5.02 Å². The Morgan fingerprint density at radius 2 is 2.00 bits per heavy atom. The zero-order valence-corrected chi connectivity index (χ0v) is 10.8. The summed E-state index contributed by atoms with van der Waals surface area (Å²) in [5.41, 5.74) is 1.10. The van der Waals surface area contributed by atoms with E-state index in [1.165, 1.54) is 12.3 Å². The van der Waals surface area contributed by atoms with Crippen molar-refractivity contribution in [2.75, 3.05) is 6.61 Å². The third-order valence-corrected chi connectivity index (χ3v) is 2.87. The van der Waals surface area contributed by atoms with Gasteiger partial charge in [-0.3, -0.25) is 4.79 Å². The van der Waals surface area contributed by atoms with E-state index in [1.54, 1.807) is 6.07 Å². The quantitative estimate of drug-likeness (QED) is 0.900. The maximum atomic E-state index is 12.0. The molecule has 1 atom stereocenters. The first-order valence-corrected chi connectivity index (χ1v) is 6.16. The second-order valence-electron chi connectivity index (χ2n) is 3.98. The van der Waals surface area contributed by atoms with Crippen LogP contribution in [0.2, 0.25) is 5.02 Å². The molecule has 0 fully saturated rings. The molecule has 0 unspecified atom stereocenters. The third kappa shape index (κ3) is 3.53. The highest BCUT2D eigenvalue weighted by Gasteiger charge is 2.15. The zero-order chi connectivity index (χ0) is 13.7. The van der Waals surface area contributed by atoms with E-state index in [-0.39, 0.29) is 18.2 Å². The Hall–Kier alpha value is -1.91. The van der Waals surface area contributed by atoms with Crippen LogP contribution in [0.1, 0.15) is 22.1 Å². The molecule has 0 saturated heterocycles. The Labute approximate surface area is 116 Å². The Balaban J connectivity index is 2.10. The van der Waals surface area contributed by atoms with Gasteiger partial charge in [0.25, 0.3) is 5.91 Å². The number of hydrogen-bond donors (Lipinski definition) is 2. The second kappa shape index (κ2) is 6.31. The summed E-state index contributed by atoms with van der Waals surface area (Å²) in [6.45, 7) is -0.177. The van der Waals surface area contributed by atoms with Crippen LogP contribution in [-0.4, -0.2) is 22.6 Å². The van der Waals surface area contributed by atoms with Crippen LogP contribution in [0.25, 0.3) is 0 Å². The molecule has 5 heteroatoms. The summed E-state index contributed by atoms with van der Waals surface area (Å²) < 4.78 is 0. The zero-order valence-electron chi connectivity index (χ0n) is 10.1. The smallest absolute Gasteiger partial charge is 0.270 e. The minimum absolute atomic E-state index is 0.177. The lowest BCUT2D eigenvalue weighted by atomic mass is 10.1. The topological polar surface area (TPSA) is 62.2 Å². The Morgan fingerprint density at radius 3 is 2.58 bits per heavy atom. The van der Waals surface area contributed by atoms with Gasteiger partial charge in [0.1, 0.15) is 5.69 Å². The Bertz CT molecular complexity index is 543. The van der Waals surface area contributed by atoms with Crippen molar-refractivity contribution in [3.05, 3.63) is 64.9 Å². The van der Waals surface area contributed by atoms with Gasteiger partial charge in [0.15, 0.2) is 0 Å². The van der Waals surface area contributed by atoms with E-state index in [9.17, 15) is 9.90 Å². The van der Waals surface area contributed by atoms with Gasteiger partial charge in [-0.15, -0.1) is 0 Å². The van der Waals surface area contributed by atoms with Gasteiger partial charge in [0.2, 0.25) is 0 Å². The van der Waals surface area contributed by atoms with Crippen molar-refractivity contribution in [1.82, 2.24) is 10.3 Å². The van der Waals surface area contributed by atoms with Crippen molar-refractivity contribution in [3.8, 4) is 0 Å². The minimum atomic E-state index is -0.453. The van der Waals surface area contributed by atoms with Crippen molar-refractivity contribution >= 4 is 17.5 Å². The fourth-order valence-corrected chi connectivity index (χ4v) is 1.77. The van der Waals surface area contributed by atoms with Crippen LogP contribution in [0.15, 0.2) is 48.7 Å². The van der Waals surface area contributed by atoms with Crippen LogP contribution in [0, 0.1) is 0 Å². The third-order valence-electron chi connectivity index (χ3n) is 2.65. The highest BCUT2D eigenvalue weighted by atomic mass is 35.5. The maximum absolute atomic E-state index is 12.0. The summed E-state index contributed by atoms with van der Waals surface area (Å²) >= 11 is 5.71. The average molecular weight is 277 g/mol. The van der Waals surface area contributed by atoms with Gasteiger partial charge >= 0.3 is 0 Å². The molecular formula is C14H13ClN2O2. The highest BCUT2D eigenvalue weighted by Crippen LogP contribution is 2.13. The summed E-state index contributed by atoms with van der Waals surface area (Å²) in [5.74, 6) is -0.348. The molecule has 1 aromatic carbocycles. The summed E-state index contributed by atoms with van der Waals surface area (Å²) in [6, 6.07) is 11.9. The van der Waals surface area contributed by atoms with E-state index in [2.05, 4.69) is 10.3 Å². The lowest BCUT2D eigenvalue weighted by Crippen LogP contribution is -2.31. The van der Waals surface area contributed by atoms with Crippen molar-refractivity contribution in [2.45, 2.75) is 6.04 Å². The fraction of sp³-hybridized carbons (Fsp3) is 0.143. The number of nitrogens with zero attached hydrogens (tertiary/aromatic N) is 1. The first-order chi connectivity index (χ1) is 9.20. The maximum Gasteiger partial charge on any atom is 0.270 e. The molecule has 1 aromatic heterocycles. The van der Waals surface area contributed by atoms with Crippen molar-refractivity contribution < 1.29 is 9.90 Å². The normalized spacial score (nSPS) is 11.9. The second-order valence-corrected chi connectivity index (χ2v) is 4.42. The molecule has 1 heterocycles. The molecule has 98 valence electrons. The van der Waals surface area contributed by atoms with E-state index >= 15 is 0 Å². The molecule has 1 amide bonds. The molecule has 0 aliphatic heterocycles. The first-order valence-electron chi connectivity index (χ1n) is 5.79. The number of halogens is 1. The number of hydrogen-bond acceptors (Lipinski definition) is 3. The molecule has 0 bridgehead atoms. The lowest BCUT2D eigenvalue weighted by molar-refractivity contribution is 0.0911. The fourth-order valence-electron chi connectivity index (χ4n) is 1.66. The van der Waals surface area contributed by atoms with Crippen LogP contribution < -0.4 is 5.32 Å². The van der Waals surface area contributed by atoms with Gasteiger partial charge in [-0.1, -0.05) is 41.9 Å². The van der Waals surface area contributed by atoms with E-state index in [0.717, 1.165) is 5.56 Å². The summed E-state index contributed by atoms with van der Waals surface area (Å²) in [7, 11) is 0. The van der Waals surface area contributed by atoms with Gasteiger partial charge in [0, 0.05) is 6.20 Å². The van der Waals surface area contributed by atoms with Crippen molar-refractivity contribution in [2.24, 2.45) is 0 Å². The van der Waals surface area contributed by atoms with Crippen LogP contribution in [-0.2, 0) is 0 Å². The number of pyridine rings is 1. The Morgan fingerprint density at radius 1 is 1.26 bits per heavy atom. The number of carbonyl (C=O) groups excluding carboxylic acids is 1. The number of aliphatic hydroxyl groups is 1. The van der Waals surface area contributed by atoms with Gasteiger partial charge in [-0.25, -0.2) is 4.98 Å². The molecule has 0 spiro atoms. The van der Waals surface area contributed by atoms with Crippen molar-refractivity contribution in [1.29, 1.82) is 0 Å². The van der Waals surface area contributed by atoms with E-state index in [1.807, 2.05) is 30.3 Å². The summed E-state index contributed by atoms with van der Waals surface area (Å²) in [5, 5.41) is 12.6. The largest absolute Gasteiger partial charge is 0.394 e. The standard InChI is InChI=1S/C14H13ClN2O2/c15-11-6-7-12(16-8-11)14(19)17-13(9-18)10-4-2-1-3-5-10/h1-8,13,18H,9H2,(H,17,19)/t13-/m0/s1.